The van der Waals surface area contributed by atoms with Gasteiger partial charge in [-0.2, -0.15) is 0 Å². The van der Waals surface area contributed by atoms with E-state index in [1.54, 1.807) is 11.8 Å². The Morgan fingerprint density at radius 2 is 1.94 bits per heavy atom. The van der Waals surface area contributed by atoms with Crippen molar-refractivity contribution in [1.82, 2.24) is 19.9 Å². The normalized spacial score (nSPS) is 25.6. The number of fused-ring (bicyclic) bond motifs is 3. The maximum Gasteiger partial charge on any atom is 0.243 e. The van der Waals surface area contributed by atoms with Gasteiger partial charge in [-0.1, -0.05) is 64.0 Å². The van der Waals surface area contributed by atoms with Gasteiger partial charge in [0.15, 0.2) is 0 Å². The lowest BCUT2D eigenvalue weighted by molar-refractivity contribution is -0.139. The zero-order valence-corrected chi connectivity index (χ0v) is 29.9. The predicted octanol–water partition coefficient (Wildman–Crippen LogP) is 4.96. The molecule has 49 heavy (non-hydrogen) atoms. The van der Waals surface area contributed by atoms with Crippen molar-refractivity contribution in [3.05, 3.63) is 42.1 Å². The number of carbonyl (C=O) groups excluding carboxylic acids is 3. The van der Waals surface area contributed by atoms with Crippen LogP contribution in [0.5, 0.6) is 11.6 Å². The molecule has 3 fully saturated rings. The lowest BCUT2D eigenvalue weighted by atomic mass is 10.1. The number of hydrogen-bond donors (Lipinski definition) is 2. The zero-order chi connectivity index (χ0) is 35.0. The van der Waals surface area contributed by atoms with Crippen LogP contribution < -0.4 is 19.5 Å². The van der Waals surface area contributed by atoms with Gasteiger partial charge in [0.1, 0.15) is 17.9 Å². The van der Waals surface area contributed by atoms with Crippen LogP contribution in [0.1, 0.15) is 97.6 Å². The third-order valence-corrected chi connectivity index (χ3v) is 12.6. The predicted molar refractivity (Wildman–Crippen MR) is 187 cm³/mol. The Labute approximate surface area is 289 Å². The number of aryl methyl sites for hydroxylation is 1. The second-order valence-electron chi connectivity index (χ2n) is 15.0. The van der Waals surface area contributed by atoms with Crippen LogP contribution in [-0.2, 0) is 30.8 Å². The number of benzene rings is 1. The standard InChI is InChI=1S/C37H50N4O7S/c1-5-6-7-8-12-25-21-37(25,22-31(42)40-49(45,46)36(4)16-17-36)39-34(44)30-20-26(23-41(30)32(43)19-24(2)3)48-35-28-14-10-9-13-27(28)33-29(38-35)15-11-18-47-33/h8-10,12-14,24-26,30H,5-7,11,15-23H2,1-4H3,(H,39,44)(H,40,42). The molecule has 3 heterocycles. The molecule has 1 aromatic heterocycles. The Kier molecular flexibility index (Phi) is 9.99. The smallest absolute Gasteiger partial charge is 0.243 e. The Morgan fingerprint density at radius 3 is 2.65 bits per heavy atom. The minimum absolute atomic E-state index is 0.0915. The van der Waals surface area contributed by atoms with Crippen molar-refractivity contribution in [2.75, 3.05) is 13.2 Å². The number of nitrogens with one attached hydrogen (secondary N) is 2. The van der Waals surface area contributed by atoms with E-state index >= 15 is 0 Å². The fourth-order valence-corrected chi connectivity index (χ4v) is 8.31. The van der Waals surface area contributed by atoms with Crippen molar-refractivity contribution in [2.24, 2.45) is 11.8 Å². The largest absolute Gasteiger partial charge is 0.491 e. The Balaban J connectivity index is 1.22. The number of pyridine rings is 1. The van der Waals surface area contributed by atoms with Crippen LogP contribution in [0.15, 0.2) is 36.4 Å². The topological polar surface area (TPSA) is 144 Å². The number of likely N-dealkylation sites (tertiary alicyclic amines) is 1. The average Bonchev–Trinajstić information content (AvgIpc) is 3.91. The van der Waals surface area contributed by atoms with Gasteiger partial charge in [0.25, 0.3) is 0 Å². The molecule has 0 bridgehead atoms. The molecule has 2 aliphatic heterocycles. The molecule has 4 unspecified atom stereocenters. The molecule has 11 nitrogen and oxygen atoms in total. The minimum atomic E-state index is -3.82. The number of hydrogen-bond acceptors (Lipinski definition) is 8. The summed E-state index contributed by atoms with van der Waals surface area (Å²) in [5.74, 6) is 0.0683. The lowest BCUT2D eigenvalue weighted by Crippen LogP contribution is -2.52. The second kappa shape index (κ2) is 13.9. The first kappa shape index (κ1) is 35.2. The fourth-order valence-electron chi connectivity index (χ4n) is 7.05. The molecule has 1 saturated heterocycles. The van der Waals surface area contributed by atoms with E-state index in [0.29, 0.717) is 31.7 Å². The number of amides is 3. The molecule has 2 aliphatic carbocycles. The zero-order valence-electron chi connectivity index (χ0n) is 29.1. The van der Waals surface area contributed by atoms with E-state index in [2.05, 4.69) is 23.0 Å². The van der Waals surface area contributed by atoms with Gasteiger partial charge in [-0.25, -0.2) is 13.4 Å². The second-order valence-corrected chi connectivity index (χ2v) is 17.2. The number of nitrogens with zero attached hydrogens (tertiary/aromatic N) is 2. The summed E-state index contributed by atoms with van der Waals surface area (Å²) in [7, 11) is -3.82. The molecule has 4 atom stereocenters. The minimum Gasteiger partial charge on any atom is -0.491 e. The van der Waals surface area contributed by atoms with Crippen LogP contribution in [0.3, 0.4) is 0 Å². The summed E-state index contributed by atoms with van der Waals surface area (Å²) < 4.78 is 39.5. The van der Waals surface area contributed by atoms with Crippen molar-refractivity contribution in [1.29, 1.82) is 0 Å². The van der Waals surface area contributed by atoms with Crippen LogP contribution in [-0.4, -0.2) is 71.6 Å². The number of rotatable bonds is 14. The highest BCUT2D eigenvalue weighted by Gasteiger charge is 2.57. The molecule has 12 heteroatoms. The summed E-state index contributed by atoms with van der Waals surface area (Å²) in [6.45, 7) is 8.53. The summed E-state index contributed by atoms with van der Waals surface area (Å²) in [5.41, 5.74) is -0.101. The van der Waals surface area contributed by atoms with Gasteiger partial charge in [0, 0.05) is 29.5 Å². The average molecular weight is 695 g/mol. The van der Waals surface area contributed by atoms with Crippen LogP contribution in [0, 0.1) is 11.8 Å². The maximum absolute atomic E-state index is 14.2. The fraction of sp³-hybridized carbons (Fsp3) is 0.622. The molecular formula is C37H50N4O7S. The van der Waals surface area contributed by atoms with E-state index in [4.69, 9.17) is 14.5 Å². The summed E-state index contributed by atoms with van der Waals surface area (Å²) in [6.07, 6.45) is 10.1. The van der Waals surface area contributed by atoms with Crippen LogP contribution >= 0.6 is 0 Å². The van der Waals surface area contributed by atoms with E-state index in [1.165, 1.54) is 0 Å². The van der Waals surface area contributed by atoms with Crippen molar-refractivity contribution >= 4 is 38.5 Å². The van der Waals surface area contributed by atoms with Gasteiger partial charge in [-0.15, -0.1) is 0 Å². The highest BCUT2D eigenvalue weighted by Crippen LogP contribution is 2.48. The van der Waals surface area contributed by atoms with Gasteiger partial charge in [-0.3, -0.25) is 19.1 Å². The highest BCUT2D eigenvalue weighted by atomic mass is 32.2. The van der Waals surface area contributed by atoms with Crippen molar-refractivity contribution in [2.45, 2.75) is 121 Å². The molecular weight excluding hydrogens is 644 g/mol. The molecule has 4 aliphatic rings. The molecule has 1 aromatic carbocycles. The van der Waals surface area contributed by atoms with Gasteiger partial charge >= 0.3 is 0 Å². The summed E-state index contributed by atoms with van der Waals surface area (Å²) in [5, 5.41) is 4.87. The summed E-state index contributed by atoms with van der Waals surface area (Å²) in [6, 6.07) is 6.99. The van der Waals surface area contributed by atoms with Gasteiger partial charge < -0.3 is 19.7 Å². The number of aromatic nitrogens is 1. The Bertz CT molecular complexity index is 1740. The van der Waals surface area contributed by atoms with Crippen molar-refractivity contribution in [3.8, 4) is 11.6 Å². The van der Waals surface area contributed by atoms with Crippen LogP contribution in [0.25, 0.3) is 10.8 Å². The van der Waals surface area contributed by atoms with Gasteiger partial charge in [-0.05, 0) is 57.4 Å². The number of carbonyl (C=O) groups is 3. The van der Waals surface area contributed by atoms with E-state index in [0.717, 1.165) is 54.3 Å². The molecule has 6 rings (SSSR count). The molecule has 0 radical (unpaired) electrons. The Hall–Kier alpha value is -3.67. The molecule has 3 amide bonds. The van der Waals surface area contributed by atoms with Crippen LogP contribution in [0.4, 0.5) is 0 Å². The Morgan fingerprint density at radius 1 is 1.18 bits per heavy atom. The third kappa shape index (κ3) is 7.59. The molecule has 2 aromatic rings. The number of ether oxygens (including phenoxy) is 2. The number of sulfonamides is 1. The first-order chi connectivity index (χ1) is 23.3. The summed E-state index contributed by atoms with van der Waals surface area (Å²) >= 11 is 0. The van der Waals surface area contributed by atoms with Crippen molar-refractivity contribution < 1.29 is 32.3 Å². The van der Waals surface area contributed by atoms with E-state index in [9.17, 15) is 22.8 Å². The van der Waals surface area contributed by atoms with E-state index < -0.39 is 38.4 Å². The molecule has 2 N–H and O–H groups in total. The summed E-state index contributed by atoms with van der Waals surface area (Å²) in [4.78, 5) is 47.4. The monoisotopic (exact) mass is 694 g/mol. The van der Waals surface area contributed by atoms with E-state index in [1.807, 2.05) is 44.2 Å². The molecule has 0 spiro atoms. The van der Waals surface area contributed by atoms with Crippen molar-refractivity contribution in [3.63, 3.8) is 0 Å². The molecule has 2 saturated carbocycles. The van der Waals surface area contributed by atoms with Crippen LogP contribution in [0.2, 0.25) is 0 Å². The first-order valence-electron chi connectivity index (χ1n) is 17.9. The van der Waals surface area contributed by atoms with Gasteiger partial charge in [0.05, 0.1) is 35.6 Å². The molecule has 266 valence electrons. The quantitative estimate of drug-likeness (QED) is 0.209. The first-order valence-corrected chi connectivity index (χ1v) is 19.4. The number of unbranched alkanes of at least 4 members (excludes halogenated alkanes) is 2. The highest BCUT2D eigenvalue weighted by molar-refractivity contribution is 7.91. The number of allylic oxidation sites excluding steroid dienone is 1. The van der Waals surface area contributed by atoms with Gasteiger partial charge in [0.2, 0.25) is 33.6 Å². The lowest BCUT2D eigenvalue weighted by Gasteiger charge is -2.27. The SMILES string of the molecule is CCCCC=CC1CC1(CC(=O)NS(=O)(=O)C1(C)CC1)NC(=O)C1CC(Oc2nc3c(c4ccccc24)OCCC3)CN1C(=O)CC(C)C. The maximum atomic E-state index is 14.2. The van der Waals surface area contributed by atoms with E-state index in [-0.39, 0.29) is 49.5 Å². The third-order valence-electron chi connectivity index (χ3n) is 10.4.